The Morgan fingerprint density at radius 2 is 1.60 bits per heavy atom. The molecule has 0 fully saturated rings. The molecule has 0 aliphatic carbocycles. The minimum Gasteiger partial charge on any atom is -0.339 e. The van der Waals surface area contributed by atoms with E-state index in [1.54, 1.807) is 30.3 Å². The van der Waals surface area contributed by atoms with Crippen molar-refractivity contribution in [3.63, 3.8) is 0 Å². The maximum Gasteiger partial charge on any atom is 0.257 e. The third-order valence-electron chi connectivity index (χ3n) is 4.71. The first-order valence-electron chi connectivity index (χ1n) is 10.5. The second kappa shape index (κ2) is 11.5. The molecule has 30 heavy (non-hydrogen) atoms. The molecule has 0 unspecified atom stereocenters. The summed E-state index contributed by atoms with van der Waals surface area (Å²) in [5.41, 5.74) is 2.98. The Balaban J connectivity index is 2.02. The fraction of sp³-hybridized carbons (Fsp3) is 0.375. The van der Waals surface area contributed by atoms with Crippen LogP contribution in [0.5, 0.6) is 0 Å². The van der Waals surface area contributed by atoms with Crippen molar-refractivity contribution in [3.05, 3.63) is 65.2 Å². The van der Waals surface area contributed by atoms with Gasteiger partial charge in [-0.1, -0.05) is 45.9 Å². The molecule has 160 valence electrons. The van der Waals surface area contributed by atoms with Crippen LogP contribution in [0.25, 0.3) is 0 Å². The first kappa shape index (κ1) is 23.5. The monoisotopic (exact) mass is 425 g/mol. The number of anilines is 1. The molecule has 2 aromatic carbocycles. The van der Waals surface area contributed by atoms with Crippen LogP contribution in [-0.2, 0) is 0 Å². The maximum atomic E-state index is 12.8. The zero-order valence-corrected chi connectivity index (χ0v) is 19.0. The van der Waals surface area contributed by atoms with Gasteiger partial charge in [0.05, 0.1) is 0 Å². The van der Waals surface area contributed by atoms with Gasteiger partial charge in [-0.05, 0) is 66.9 Å². The predicted octanol–water partition coefficient (Wildman–Crippen LogP) is 5.20. The summed E-state index contributed by atoms with van der Waals surface area (Å²) >= 11 is 5.28. The molecule has 2 N–H and O–H groups in total. The Morgan fingerprint density at radius 3 is 2.17 bits per heavy atom. The number of nitrogens with zero attached hydrogens (tertiary/aromatic N) is 1. The largest absolute Gasteiger partial charge is 0.339 e. The standard InChI is InChI=1S/C24H31N3O2S/c1-5-14-27(15-6-2)23(29)20-8-7-9-21(16-20)25-24(30)26-22(28)19-12-10-18(11-13-19)17(3)4/h7-13,16-17H,5-6,14-15H2,1-4H3,(H2,25,26,28,30). The SMILES string of the molecule is CCCN(CCC)C(=O)c1cccc(NC(=S)NC(=O)c2ccc(C(C)C)cc2)c1. The molecule has 0 saturated carbocycles. The number of carbonyl (C=O) groups is 2. The molecular formula is C24H31N3O2S. The van der Waals surface area contributed by atoms with Gasteiger partial charge in [0, 0.05) is 29.9 Å². The van der Waals surface area contributed by atoms with Crippen LogP contribution in [0.15, 0.2) is 48.5 Å². The lowest BCUT2D eigenvalue weighted by Crippen LogP contribution is -2.34. The van der Waals surface area contributed by atoms with Gasteiger partial charge in [-0.25, -0.2) is 0 Å². The fourth-order valence-electron chi connectivity index (χ4n) is 3.12. The second-order valence-corrected chi connectivity index (χ2v) is 7.97. The van der Waals surface area contributed by atoms with Gasteiger partial charge in [0.15, 0.2) is 5.11 Å². The Labute approximate surface area is 184 Å². The molecule has 2 amide bonds. The van der Waals surface area contributed by atoms with E-state index < -0.39 is 0 Å². The van der Waals surface area contributed by atoms with Crippen molar-refractivity contribution in [2.45, 2.75) is 46.5 Å². The highest BCUT2D eigenvalue weighted by atomic mass is 32.1. The zero-order valence-electron chi connectivity index (χ0n) is 18.2. The Bertz CT molecular complexity index is 872. The number of rotatable bonds is 8. The van der Waals surface area contributed by atoms with E-state index in [-0.39, 0.29) is 16.9 Å². The van der Waals surface area contributed by atoms with Gasteiger partial charge in [-0.3, -0.25) is 14.9 Å². The minimum atomic E-state index is -0.271. The van der Waals surface area contributed by atoms with E-state index in [9.17, 15) is 9.59 Å². The van der Waals surface area contributed by atoms with E-state index in [1.165, 1.54) is 5.56 Å². The first-order chi connectivity index (χ1) is 14.3. The Kier molecular flexibility index (Phi) is 8.99. The smallest absolute Gasteiger partial charge is 0.257 e. The quantitative estimate of drug-likeness (QED) is 0.571. The summed E-state index contributed by atoms with van der Waals surface area (Å²) in [4.78, 5) is 27.1. The normalized spacial score (nSPS) is 10.6. The summed E-state index contributed by atoms with van der Waals surface area (Å²) in [6.45, 7) is 9.80. The summed E-state index contributed by atoms with van der Waals surface area (Å²) in [5, 5.41) is 5.88. The van der Waals surface area contributed by atoms with Crippen LogP contribution in [0.1, 0.15) is 72.7 Å². The van der Waals surface area contributed by atoms with Crippen molar-refractivity contribution >= 4 is 34.8 Å². The summed E-state index contributed by atoms with van der Waals surface area (Å²) < 4.78 is 0. The van der Waals surface area contributed by atoms with Crippen LogP contribution < -0.4 is 10.6 Å². The van der Waals surface area contributed by atoms with Gasteiger partial charge in [-0.2, -0.15) is 0 Å². The highest BCUT2D eigenvalue weighted by Gasteiger charge is 2.15. The summed E-state index contributed by atoms with van der Waals surface area (Å²) in [7, 11) is 0. The summed E-state index contributed by atoms with van der Waals surface area (Å²) in [6, 6.07) is 14.7. The lowest BCUT2D eigenvalue weighted by Gasteiger charge is -2.21. The van der Waals surface area contributed by atoms with Crippen molar-refractivity contribution < 1.29 is 9.59 Å². The van der Waals surface area contributed by atoms with Crippen LogP contribution in [0.4, 0.5) is 5.69 Å². The molecule has 0 atom stereocenters. The van der Waals surface area contributed by atoms with E-state index in [0.29, 0.717) is 22.7 Å². The molecule has 0 aliphatic rings. The number of carbonyl (C=O) groups excluding carboxylic acids is 2. The van der Waals surface area contributed by atoms with Crippen LogP contribution in [0.2, 0.25) is 0 Å². The molecule has 6 heteroatoms. The maximum absolute atomic E-state index is 12.8. The van der Waals surface area contributed by atoms with E-state index in [2.05, 4.69) is 38.3 Å². The Hall–Kier alpha value is -2.73. The van der Waals surface area contributed by atoms with Gasteiger partial charge in [0.2, 0.25) is 0 Å². The molecule has 0 radical (unpaired) electrons. The van der Waals surface area contributed by atoms with E-state index >= 15 is 0 Å². The molecule has 0 spiro atoms. The zero-order chi connectivity index (χ0) is 22.1. The summed E-state index contributed by atoms with van der Waals surface area (Å²) in [6.07, 6.45) is 1.83. The van der Waals surface area contributed by atoms with E-state index in [1.807, 2.05) is 23.1 Å². The number of benzene rings is 2. The van der Waals surface area contributed by atoms with Gasteiger partial charge < -0.3 is 10.2 Å². The summed E-state index contributed by atoms with van der Waals surface area (Å²) in [5.74, 6) is 0.139. The molecule has 0 heterocycles. The average molecular weight is 426 g/mol. The topological polar surface area (TPSA) is 61.4 Å². The predicted molar refractivity (Wildman–Crippen MR) is 127 cm³/mol. The molecule has 0 saturated heterocycles. The van der Waals surface area contributed by atoms with Crippen molar-refractivity contribution in [2.75, 3.05) is 18.4 Å². The first-order valence-corrected chi connectivity index (χ1v) is 10.9. The van der Waals surface area contributed by atoms with Gasteiger partial charge in [0.1, 0.15) is 0 Å². The van der Waals surface area contributed by atoms with Crippen LogP contribution in [0, 0.1) is 0 Å². The van der Waals surface area contributed by atoms with Gasteiger partial charge in [-0.15, -0.1) is 0 Å². The molecular weight excluding hydrogens is 394 g/mol. The minimum absolute atomic E-state index is 0.00236. The third kappa shape index (κ3) is 6.66. The second-order valence-electron chi connectivity index (χ2n) is 7.56. The molecule has 2 aromatic rings. The van der Waals surface area contributed by atoms with Crippen molar-refractivity contribution in [3.8, 4) is 0 Å². The van der Waals surface area contributed by atoms with Crippen LogP contribution >= 0.6 is 12.2 Å². The molecule has 0 bridgehead atoms. The van der Waals surface area contributed by atoms with E-state index in [0.717, 1.165) is 25.9 Å². The lowest BCUT2D eigenvalue weighted by atomic mass is 10.0. The van der Waals surface area contributed by atoms with Gasteiger partial charge in [0.25, 0.3) is 11.8 Å². The number of nitrogens with one attached hydrogen (secondary N) is 2. The van der Waals surface area contributed by atoms with Crippen molar-refractivity contribution in [2.24, 2.45) is 0 Å². The number of amides is 2. The molecule has 0 aromatic heterocycles. The lowest BCUT2D eigenvalue weighted by molar-refractivity contribution is 0.0755. The van der Waals surface area contributed by atoms with Crippen LogP contribution in [0.3, 0.4) is 0 Å². The Morgan fingerprint density at radius 1 is 0.967 bits per heavy atom. The number of thiocarbonyl (C=S) groups is 1. The molecule has 2 rings (SSSR count). The highest BCUT2D eigenvalue weighted by Crippen LogP contribution is 2.16. The molecule has 0 aliphatic heterocycles. The van der Waals surface area contributed by atoms with Crippen molar-refractivity contribution in [1.29, 1.82) is 0 Å². The van der Waals surface area contributed by atoms with Crippen LogP contribution in [-0.4, -0.2) is 34.9 Å². The number of hydrogen-bond donors (Lipinski definition) is 2. The third-order valence-corrected chi connectivity index (χ3v) is 4.91. The van der Waals surface area contributed by atoms with Gasteiger partial charge >= 0.3 is 0 Å². The molecule has 5 nitrogen and oxygen atoms in total. The fourth-order valence-corrected chi connectivity index (χ4v) is 3.33. The highest BCUT2D eigenvalue weighted by molar-refractivity contribution is 7.80. The van der Waals surface area contributed by atoms with Crippen molar-refractivity contribution in [1.82, 2.24) is 10.2 Å². The average Bonchev–Trinajstić information content (AvgIpc) is 2.73. The van der Waals surface area contributed by atoms with E-state index in [4.69, 9.17) is 12.2 Å². The number of hydrogen-bond acceptors (Lipinski definition) is 3.